The fraction of sp³-hybridized carbons (Fsp3) is 0.353. The highest BCUT2D eigenvalue weighted by atomic mass is 16.4. The zero-order valence-electron chi connectivity index (χ0n) is 13.1. The van der Waals surface area contributed by atoms with Crippen LogP contribution in [0.4, 0.5) is 10.5 Å². The van der Waals surface area contributed by atoms with Crippen LogP contribution in [-0.4, -0.2) is 17.7 Å². The highest BCUT2D eigenvalue weighted by Crippen LogP contribution is 2.24. The summed E-state index contributed by atoms with van der Waals surface area (Å²) in [6.07, 6.45) is 1.49. The molecule has 0 radical (unpaired) electrons. The summed E-state index contributed by atoms with van der Waals surface area (Å²) in [5.41, 5.74) is 0.585. The molecule has 2 amide bonds. The van der Waals surface area contributed by atoms with Gasteiger partial charge < -0.3 is 20.2 Å². The smallest absolute Gasteiger partial charge is 0.319 e. The van der Waals surface area contributed by atoms with Gasteiger partial charge in [-0.1, -0.05) is 32.0 Å². The lowest BCUT2D eigenvalue weighted by molar-refractivity contribution is 0.0372. The number of nitrogens with one attached hydrogen (secondary N) is 2. The van der Waals surface area contributed by atoms with Crippen LogP contribution in [0.3, 0.4) is 0 Å². The quantitative estimate of drug-likeness (QED) is 0.792. The number of furan rings is 1. The maximum atomic E-state index is 12.0. The Morgan fingerprint density at radius 2 is 2.00 bits per heavy atom. The van der Waals surface area contributed by atoms with Gasteiger partial charge in [-0.15, -0.1) is 0 Å². The van der Waals surface area contributed by atoms with Gasteiger partial charge in [0.1, 0.15) is 11.4 Å². The van der Waals surface area contributed by atoms with Crippen LogP contribution in [0.1, 0.15) is 38.0 Å². The Bertz CT molecular complexity index is 619. The fourth-order valence-corrected chi connectivity index (χ4v) is 2.21. The summed E-state index contributed by atoms with van der Waals surface area (Å²) < 4.78 is 5.18. The normalized spacial score (nSPS) is 13.7. The number of urea groups is 1. The number of carbonyl (C=O) groups excluding carboxylic acids is 1. The second kappa shape index (κ2) is 6.66. The minimum Gasteiger partial charge on any atom is -0.466 e. The van der Waals surface area contributed by atoms with Gasteiger partial charge in [-0.3, -0.25) is 0 Å². The molecule has 1 aromatic carbocycles. The van der Waals surface area contributed by atoms with Crippen molar-refractivity contribution in [3.8, 4) is 0 Å². The molecule has 0 aliphatic heterocycles. The molecular weight excluding hydrogens is 280 g/mol. The molecule has 1 unspecified atom stereocenters. The highest BCUT2D eigenvalue weighted by molar-refractivity contribution is 5.90. The van der Waals surface area contributed by atoms with E-state index >= 15 is 0 Å². The van der Waals surface area contributed by atoms with Crippen LogP contribution in [0, 0.1) is 0 Å². The SMILES string of the molecule is CC(C)c1ccccc1NC(=O)NCC(C)(O)c1ccco1. The largest absolute Gasteiger partial charge is 0.466 e. The first-order chi connectivity index (χ1) is 10.4. The first-order valence-corrected chi connectivity index (χ1v) is 7.30. The van der Waals surface area contributed by atoms with E-state index in [1.807, 2.05) is 24.3 Å². The van der Waals surface area contributed by atoms with Crippen molar-refractivity contribution in [1.29, 1.82) is 0 Å². The molecule has 0 saturated carbocycles. The van der Waals surface area contributed by atoms with Gasteiger partial charge in [-0.05, 0) is 36.6 Å². The average molecular weight is 302 g/mol. The van der Waals surface area contributed by atoms with Crippen molar-refractivity contribution in [3.05, 3.63) is 54.0 Å². The Balaban J connectivity index is 1.97. The number of benzene rings is 1. The van der Waals surface area contributed by atoms with Gasteiger partial charge in [0.2, 0.25) is 0 Å². The Morgan fingerprint density at radius 1 is 1.27 bits per heavy atom. The zero-order valence-corrected chi connectivity index (χ0v) is 13.1. The van der Waals surface area contributed by atoms with Crippen molar-refractivity contribution >= 4 is 11.7 Å². The summed E-state index contributed by atoms with van der Waals surface area (Å²) in [7, 11) is 0. The van der Waals surface area contributed by atoms with Crippen LogP contribution in [-0.2, 0) is 5.60 Å². The first-order valence-electron chi connectivity index (χ1n) is 7.30. The van der Waals surface area contributed by atoms with Crippen LogP contribution < -0.4 is 10.6 Å². The van der Waals surface area contributed by atoms with Gasteiger partial charge in [0, 0.05) is 5.69 Å². The third kappa shape index (κ3) is 3.89. The molecule has 5 nitrogen and oxygen atoms in total. The molecule has 22 heavy (non-hydrogen) atoms. The van der Waals surface area contributed by atoms with Crippen LogP contribution in [0.2, 0.25) is 0 Å². The number of anilines is 1. The van der Waals surface area contributed by atoms with Crippen molar-refractivity contribution in [3.63, 3.8) is 0 Å². The van der Waals surface area contributed by atoms with Gasteiger partial charge in [0.05, 0.1) is 12.8 Å². The molecule has 3 N–H and O–H groups in total. The summed E-state index contributed by atoms with van der Waals surface area (Å²) in [6, 6.07) is 10.7. The lowest BCUT2D eigenvalue weighted by Crippen LogP contribution is -2.40. The van der Waals surface area contributed by atoms with Crippen LogP contribution >= 0.6 is 0 Å². The number of aliphatic hydroxyl groups is 1. The van der Waals surface area contributed by atoms with E-state index in [2.05, 4.69) is 24.5 Å². The molecule has 5 heteroatoms. The number of rotatable bonds is 5. The molecule has 0 fully saturated rings. The monoisotopic (exact) mass is 302 g/mol. The summed E-state index contributed by atoms with van der Waals surface area (Å²) in [5, 5.41) is 15.8. The Kier molecular flexibility index (Phi) is 4.88. The van der Waals surface area contributed by atoms with Gasteiger partial charge in [0.15, 0.2) is 0 Å². The lowest BCUT2D eigenvalue weighted by Gasteiger charge is -2.21. The molecule has 2 aromatic rings. The minimum atomic E-state index is -1.25. The molecule has 0 spiro atoms. The number of amides is 2. The topological polar surface area (TPSA) is 74.5 Å². The molecule has 118 valence electrons. The molecular formula is C17H22N2O3. The van der Waals surface area contributed by atoms with E-state index in [9.17, 15) is 9.90 Å². The second-order valence-electron chi connectivity index (χ2n) is 5.80. The molecule has 0 aliphatic carbocycles. The van der Waals surface area contributed by atoms with E-state index in [-0.39, 0.29) is 12.6 Å². The van der Waals surface area contributed by atoms with Crippen LogP contribution in [0.5, 0.6) is 0 Å². The number of hydrogen-bond donors (Lipinski definition) is 3. The van der Waals surface area contributed by atoms with E-state index in [0.29, 0.717) is 11.7 Å². The van der Waals surface area contributed by atoms with Crippen LogP contribution in [0.15, 0.2) is 47.1 Å². The third-order valence-electron chi connectivity index (χ3n) is 3.48. The summed E-state index contributed by atoms with van der Waals surface area (Å²) in [4.78, 5) is 12.0. The van der Waals surface area contributed by atoms with Gasteiger partial charge in [0.25, 0.3) is 0 Å². The first kappa shape index (κ1) is 16.1. The molecule has 1 heterocycles. The maximum absolute atomic E-state index is 12.0. The molecule has 1 atom stereocenters. The lowest BCUT2D eigenvalue weighted by atomic mass is 10.0. The Morgan fingerprint density at radius 3 is 2.64 bits per heavy atom. The van der Waals surface area contributed by atoms with Gasteiger partial charge >= 0.3 is 6.03 Å². The van der Waals surface area contributed by atoms with Crippen molar-refractivity contribution in [1.82, 2.24) is 5.32 Å². The summed E-state index contributed by atoms with van der Waals surface area (Å²) in [6.45, 7) is 5.78. The molecule has 0 bridgehead atoms. The van der Waals surface area contributed by atoms with Gasteiger partial charge in [-0.2, -0.15) is 0 Å². The van der Waals surface area contributed by atoms with Crippen molar-refractivity contribution < 1.29 is 14.3 Å². The van der Waals surface area contributed by atoms with Crippen molar-refractivity contribution in [2.45, 2.75) is 32.3 Å². The maximum Gasteiger partial charge on any atom is 0.319 e. The fourth-order valence-electron chi connectivity index (χ4n) is 2.21. The number of hydrogen-bond acceptors (Lipinski definition) is 3. The number of carbonyl (C=O) groups is 1. The number of para-hydroxylation sites is 1. The minimum absolute atomic E-state index is 0.0518. The van der Waals surface area contributed by atoms with E-state index in [1.54, 1.807) is 19.1 Å². The summed E-state index contributed by atoms with van der Waals surface area (Å²) in [5.74, 6) is 0.720. The van der Waals surface area contributed by atoms with Crippen molar-refractivity contribution in [2.75, 3.05) is 11.9 Å². The highest BCUT2D eigenvalue weighted by Gasteiger charge is 2.26. The Labute approximate surface area is 130 Å². The van der Waals surface area contributed by atoms with Gasteiger partial charge in [-0.25, -0.2) is 4.79 Å². The predicted molar refractivity (Wildman–Crippen MR) is 85.8 cm³/mol. The standard InChI is InChI=1S/C17H22N2O3/c1-12(2)13-7-4-5-8-14(13)19-16(20)18-11-17(3,21)15-9-6-10-22-15/h4-10,12,21H,11H2,1-3H3,(H2,18,19,20). The summed E-state index contributed by atoms with van der Waals surface area (Å²) >= 11 is 0. The molecule has 1 aromatic heterocycles. The molecule has 0 aliphatic rings. The molecule has 0 saturated heterocycles. The average Bonchev–Trinajstić information content (AvgIpc) is 3.01. The zero-order chi connectivity index (χ0) is 16.2. The second-order valence-corrected chi connectivity index (χ2v) is 5.80. The van der Waals surface area contributed by atoms with Crippen molar-refractivity contribution in [2.24, 2.45) is 0 Å². The van der Waals surface area contributed by atoms with Crippen LogP contribution in [0.25, 0.3) is 0 Å². The van der Waals surface area contributed by atoms with E-state index in [1.165, 1.54) is 6.26 Å². The predicted octanol–water partition coefficient (Wildman–Crippen LogP) is 3.43. The molecule has 2 rings (SSSR count). The van der Waals surface area contributed by atoms with E-state index in [4.69, 9.17) is 4.42 Å². The van der Waals surface area contributed by atoms with E-state index in [0.717, 1.165) is 11.3 Å². The van der Waals surface area contributed by atoms with E-state index < -0.39 is 5.60 Å². The Hall–Kier alpha value is -2.27. The third-order valence-corrected chi connectivity index (χ3v) is 3.48.